The van der Waals surface area contributed by atoms with Gasteiger partial charge in [-0.25, -0.2) is 8.78 Å². The molecular formula is C13H19F2NS. The lowest BCUT2D eigenvalue weighted by Gasteiger charge is -2.29. The summed E-state index contributed by atoms with van der Waals surface area (Å²) in [6.45, 7) is 1.62. The highest BCUT2D eigenvalue weighted by Crippen LogP contribution is 2.36. The van der Waals surface area contributed by atoms with E-state index in [1.807, 2.05) is 0 Å². The van der Waals surface area contributed by atoms with Crippen molar-refractivity contribution in [2.24, 2.45) is 5.92 Å². The number of hydrogen-bond donors (Lipinski definition) is 1. The molecule has 1 nitrogen and oxygen atoms in total. The number of thiophene rings is 1. The van der Waals surface area contributed by atoms with Gasteiger partial charge in [-0.05, 0) is 60.7 Å². The van der Waals surface area contributed by atoms with Gasteiger partial charge in [-0.2, -0.15) is 11.3 Å². The third-order valence-corrected chi connectivity index (χ3v) is 4.08. The molecule has 0 spiro atoms. The number of hydrogen-bond acceptors (Lipinski definition) is 2. The van der Waals surface area contributed by atoms with Crippen molar-refractivity contribution in [1.29, 1.82) is 0 Å². The van der Waals surface area contributed by atoms with Crippen molar-refractivity contribution in [3.63, 3.8) is 0 Å². The van der Waals surface area contributed by atoms with Gasteiger partial charge in [0.15, 0.2) is 0 Å². The van der Waals surface area contributed by atoms with E-state index in [-0.39, 0.29) is 18.8 Å². The highest BCUT2D eigenvalue weighted by atomic mass is 32.1. The molecule has 1 saturated carbocycles. The standard InChI is InChI=1S/C13H19F2NS/c14-13(15)5-1-2-12(8-13)9-16-6-3-11-4-7-17-10-11/h4,7,10,12,16H,1-3,5-6,8-9H2. The zero-order valence-electron chi connectivity index (χ0n) is 9.92. The topological polar surface area (TPSA) is 12.0 Å². The highest BCUT2D eigenvalue weighted by Gasteiger charge is 2.35. The zero-order chi connectivity index (χ0) is 12.1. The maximum absolute atomic E-state index is 13.2. The fourth-order valence-electron chi connectivity index (χ4n) is 2.42. The fourth-order valence-corrected chi connectivity index (χ4v) is 3.13. The summed E-state index contributed by atoms with van der Waals surface area (Å²) in [6.07, 6.45) is 2.76. The second-order valence-corrected chi connectivity index (χ2v) is 5.68. The van der Waals surface area contributed by atoms with Gasteiger partial charge in [0.1, 0.15) is 0 Å². The fraction of sp³-hybridized carbons (Fsp3) is 0.692. The molecule has 2 rings (SSSR count). The van der Waals surface area contributed by atoms with Crippen molar-refractivity contribution >= 4 is 11.3 Å². The van der Waals surface area contributed by atoms with Crippen LogP contribution in [0.5, 0.6) is 0 Å². The van der Waals surface area contributed by atoms with Crippen molar-refractivity contribution in [1.82, 2.24) is 5.32 Å². The van der Waals surface area contributed by atoms with Crippen LogP contribution in [-0.2, 0) is 6.42 Å². The molecule has 0 amide bonds. The molecular weight excluding hydrogens is 240 g/mol. The molecule has 1 N–H and O–H groups in total. The number of rotatable bonds is 5. The van der Waals surface area contributed by atoms with Crippen molar-refractivity contribution in [3.8, 4) is 0 Å². The molecule has 1 aromatic heterocycles. The summed E-state index contributed by atoms with van der Waals surface area (Å²) in [5.74, 6) is -2.26. The molecule has 96 valence electrons. The third kappa shape index (κ3) is 4.36. The van der Waals surface area contributed by atoms with Gasteiger partial charge >= 0.3 is 0 Å². The first-order chi connectivity index (χ1) is 8.16. The van der Waals surface area contributed by atoms with Gasteiger partial charge < -0.3 is 5.32 Å². The van der Waals surface area contributed by atoms with E-state index in [9.17, 15) is 8.78 Å². The maximum atomic E-state index is 13.2. The Labute approximate surface area is 105 Å². The molecule has 0 saturated heterocycles. The highest BCUT2D eigenvalue weighted by molar-refractivity contribution is 7.07. The molecule has 17 heavy (non-hydrogen) atoms. The molecule has 1 aliphatic rings. The predicted molar refractivity (Wildman–Crippen MR) is 67.8 cm³/mol. The Morgan fingerprint density at radius 2 is 2.35 bits per heavy atom. The minimum Gasteiger partial charge on any atom is -0.316 e. The van der Waals surface area contributed by atoms with Crippen LogP contribution >= 0.6 is 11.3 Å². The van der Waals surface area contributed by atoms with E-state index < -0.39 is 5.92 Å². The van der Waals surface area contributed by atoms with E-state index in [2.05, 4.69) is 22.1 Å². The maximum Gasteiger partial charge on any atom is 0.248 e. The van der Waals surface area contributed by atoms with Crippen LogP contribution in [0.2, 0.25) is 0 Å². The minimum atomic E-state index is -2.42. The van der Waals surface area contributed by atoms with Gasteiger partial charge in [-0.15, -0.1) is 0 Å². The van der Waals surface area contributed by atoms with Crippen LogP contribution in [0, 0.1) is 5.92 Å². The first-order valence-corrected chi connectivity index (χ1v) is 7.20. The van der Waals surface area contributed by atoms with Gasteiger partial charge in [-0.3, -0.25) is 0 Å². The van der Waals surface area contributed by atoms with Gasteiger partial charge in [-0.1, -0.05) is 0 Å². The summed E-state index contributed by atoms with van der Waals surface area (Å²) < 4.78 is 26.3. The molecule has 0 bridgehead atoms. The van der Waals surface area contributed by atoms with Gasteiger partial charge in [0, 0.05) is 12.8 Å². The van der Waals surface area contributed by atoms with Gasteiger partial charge in [0.2, 0.25) is 5.92 Å². The molecule has 1 atom stereocenters. The van der Waals surface area contributed by atoms with E-state index in [1.54, 1.807) is 11.3 Å². The van der Waals surface area contributed by atoms with Crippen LogP contribution in [0.25, 0.3) is 0 Å². The lowest BCUT2D eigenvalue weighted by Crippen LogP contribution is -2.33. The molecule has 1 fully saturated rings. The Bertz CT molecular complexity index is 324. The monoisotopic (exact) mass is 259 g/mol. The lowest BCUT2D eigenvalue weighted by atomic mass is 9.86. The smallest absolute Gasteiger partial charge is 0.248 e. The molecule has 0 radical (unpaired) electrons. The van der Waals surface area contributed by atoms with Gasteiger partial charge in [0.05, 0.1) is 0 Å². The van der Waals surface area contributed by atoms with Crippen LogP contribution in [0.4, 0.5) is 8.78 Å². The average molecular weight is 259 g/mol. The molecule has 1 aliphatic carbocycles. The molecule has 1 unspecified atom stereocenters. The lowest BCUT2D eigenvalue weighted by molar-refractivity contribution is -0.0519. The normalized spacial score (nSPS) is 23.8. The quantitative estimate of drug-likeness (QED) is 0.795. The molecule has 0 aromatic carbocycles. The van der Waals surface area contributed by atoms with Crippen LogP contribution in [-0.4, -0.2) is 19.0 Å². The van der Waals surface area contributed by atoms with Crippen LogP contribution < -0.4 is 5.32 Å². The molecule has 0 aliphatic heterocycles. The van der Waals surface area contributed by atoms with Gasteiger partial charge in [0.25, 0.3) is 0 Å². The second-order valence-electron chi connectivity index (χ2n) is 4.90. The van der Waals surface area contributed by atoms with E-state index in [0.29, 0.717) is 6.42 Å². The minimum absolute atomic E-state index is 0.0679. The van der Waals surface area contributed by atoms with Crippen molar-refractivity contribution in [3.05, 3.63) is 22.4 Å². The molecule has 1 aromatic rings. The second kappa shape index (κ2) is 5.91. The largest absolute Gasteiger partial charge is 0.316 e. The summed E-state index contributed by atoms with van der Waals surface area (Å²) in [7, 11) is 0. The summed E-state index contributed by atoms with van der Waals surface area (Å²) in [5.41, 5.74) is 1.33. The SMILES string of the molecule is FC1(F)CCCC(CNCCc2ccsc2)C1. The number of nitrogens with one attached hydrogen (secondary N) is 1. The van der Waals surface area contributed by atoms with E-state index in [0.717, 1.165) is 25.9 Å². The average Bonchev–Trinajstić information content (AvgIpc) is 2.76. The molecule has 4 heteroatoms. The summed E-state index contributed by atoms with van der Waals surface area (Å²) in [5, 5.41) is 7.50. The summed E-state index contributed by atoms with van der Waals surface area (Å²) >= 11 is 1.70. The van der Waals surface area contributed by atoms with Crippen molar-refractivity contribution in [2.45, 2.75) is 38.0 Å². The van der Waals surface area contributed by atoms with E-state index >= 15 is 0 Å². The third-order valence-electron chi connectivity index (χ3n) is 3.35. The summed E-state index contributed by atoms with van der Waals surface area (Å²) in [6, 6.07) is 2.11. The Morgan fingerprint density at radius 3 is 3.06 bits per heavy atom. The Morgan fingerprint density at radius 1 is 1.47 bits per heavy atom. The first-order valence-electron chi connectivity index (χ1n) is 6.25. The number of halogens is 2. The van der Waals surface area contributed by atoms with Crippen LogP contribution in [0.3, 0.4) is 0 Å². The predicted octanol–water partition coefficient (Wildman–Crippen LogP) is 3.71. The molecule has 1 heterocycles. The van der Waals surface area contributed by atoms with Crippen LogP contribution in [0.15, 0.2) is 16.8 Å². The van der Waals surface area contributed by atoms with Crippen molar-refractivity contribution in [2.75, 3.05) is 13.1 Å². The Kier molecular flexibility index (Phi) is 4.51. The van der Waals surface area contributed by atoms with Crippen molar-refractivity contribution < 1.29 is 8.78 Å². The van der Waals surface area contributed by atoms with E-state index in [4.69, 9.17) is 0 Å². The Hall–Kier alpha value is -0.480. The zero-order valence-corrected chi connectivity index (χ0v) is 10.7. The van der Waals surface area contributed by atoms with Crippen LogP contribution in [0.1, 0.15) is 31.2 Å². The Balaban J connectivity index is 1.62. The number of alkyl halides is 2. The summed E-state index contributed by atoms with van der Waals surface area (Å²) in [4.78, 5) is 0. The first kappa shape index (κ1) is 13.0. The van der Waals surface area contributed by atoms with E-state index in [1.165, 1.54) is 5.56 Å².